The van der Waals surface area contributed by atoms with Crippen molar-refractivity contribution in [3.05, 3.63) is 52.5 Å². The summed E-state index contributed by atoms with van der Waals surface area (Å²) in [6.07, 6.45) is 0. The Labute approximate surface area is 143 Å². The van der Waals surface area contributed by atoms with Crippen molar-refractivity contribution < 1.29 is 13.5 Å². The van der Waals surface area contributed by atoms with Crippen molar-refractivity contribution in [1.29, 1.82) is 0 Å². The third-order valence-electron chi connectivity index (χ3n) is 3.05. The second-order valence-corrected chi connectivity index (χ2v) is 5.76. The highest BCUT2D eigenvalue weighted by molar-refractivity contribution is 7.80. The Morgan fingerprint density at radius 3 is 2.48 bits per heavy atom. The lowest BCUT2D eigenvalue weighted by atomic mass is 10.2. The molecule has 2 rings (SSSR count). The zero-order chi connectivity index (χ0) is 17.0. The Hall–Kier alpha value is -1.92. The molecule has 0 aliphatic carbocycles. The fourth-order valence-electron chi connectivity index (χ4n) is 1.95. The average molecular weight is 357 g/mol. The van der Waals surface area contributed by atoms with E-state index in [0.29, 0.717) is 10.7 Å². The zero-order valence-electron chi connectivity index (χ0n) is 12.5. The Kier molecular flexibility index (Phi) is 5.74. The van der Waals surface area contributed by atoms with Crippen LogP contribution in [0.5, 0.6) is 5.75 Å². The van der Waals surface area contributed by atoms with Crippen LogP contribution < -0.4 is 15.4 Å². The Bertz CT molecular complexity index is 725. The van der Waals surface area contributed by atoms with Gasteiger partial charge in [-0.2, -0.15) is 8.78 Å². The smallest absolute Gasteiger partial charge is 0.387 e. The van der Waals surface area contributed by atoms with Crippen LogP contribution in [0.4, 0.5) is 20.2 Å². The molecule has 23 heavy (non-hydrogen) atoms. The molecule has 0 saturated heterocycles. The third-order valence-corrected chi connectivity index (χ3v) is 3.49. The van der Waals surface area contributed by atoms with Crippen LogP contribution in [-0.4, -0.2) is 11.7 Å². The van der Waals surface area contributed by atoms with Crippen LogP contribution in [0.3, 0.4) is 0 Å². The highest BCUT2D eigenvalue weighted by Gasteiger charge is 2.11. The van der Waals surface area contributed by atoms with Crippen molar-refractivity contribution in [1.82, 2.24) is 0 Å². The summed E-state index contributed by atoms with van der Waals surface area (Å²) in [7, 11) is 0. The van der Waals surface area contributed by atoms with E-state index in [4.69, 9.17) is 23.8 Å². The van der Waals surface area contributed by atoms with Gasteiger partial charge in [0.05, 0.1) is 5.69 Å². The van der Waals surface area contributed by atoms with Gasteiger partial charge in [-0.15, -0.1) is 0 Å². The van der Waals surface area contributed by atoms with E-state index in [1.54, 1.807) is 24.3 Å². The van der Waals surface area contributed by atoms with Gasteiger partial charge in [0.1, 0.15) is 5.75 Å². The topological polar surface area (TPSA) is 33.3 Å². The first-order valence-corrected chi connectivity index (χ1v) is 7.53. The van der Waals surface area contributed by atoms with Crippen LogP contribution >= 0.6 is 23.8 Å². The quantitative estimate of drug-likeness (QED) is 0.722. The summed E-state index contributed by atoms with van der Waals surface area (Å²) < 4.78 is 29.4. The van der Waals surface area contributed by atoms with Crippen LogP contribution in [0.2, 0.25) is 5.02 Å². The number of thiocarbonyl (C=S) groups is 1. The van der Waals surface area contributed by atoms with Crippen LogP contribution in [-0.2, 0) is 0 Å². The molecule has 7 heteroatoms. The number of aryl methyl sites for hydroxylation is 2. The molecule has 0 fully saturated rings. The minimum Gasteiger partial charge on any atom is -0.433 e. The first-order chi connectivity index (χ1) is 10.8. The lowest BCUT2D eigenvalue weighted by Crippen LogP contribution is -2.20. The summed E-state index contributed by atoms with van der Waals surface area (Å²) in [6.45, 7) is 0.837. The Morgan fingerprint density at radius 2 is 1.78 bits per heavy atom. The van der Waals surface area contributed by atoms with Gasteiger partial charge in [-0.3, -0.25) is 0 Å². The molecule has 2 N–H and O–H groups in total. The van der Waals surface area contributed by atoms with Gasteiger partial charge in [-0.25, -0.2) is 0 Å². The summed E-state index contributed by atoms with van der Waals surface area (Å²) in [5, 5.41) is 6.68. The number of anilines is 2. The van der Waals surface area contributed by atoms with Crippen molar-refractivity contribution in [2.75, 3.05) is 10.6 Å². The molecule has 0 atom stereocenters. The zero-order valence-corrected chi connectivity index (χ0v) is 14.1. The van der Waals surface area contributed by atoms with E-state index in [1.807, 2.05) is 19.9 Å². The fraction of sp³-hybridized carbons (Fsp3) is 0.188. The predicted octanol–water partition coefficient (Wildman–Crippen LogP) is 5.37. The molecule has 0 amide bonds. The summed E-state index contributed by atoms with van der Waals surface area (Å²) in [6, 6.07) is 10.2. The molecule has 0 saturated carbocycles. The van der Waals surface area contributed by atoms with E-state index in [9.17, 15) is 8.78 Å². The molecule has 122 valence electrons. The number of ether oxygens (including phenoxy) is 1. The Balaban J connectivity index is 2.16. The maximum Gasteiger partial charge on any atom is 0.387 e. The lowest BCUT2D eigenvalue weighted by Gasteiger charge is -2.16. The van der Waals surface area contributed by atoms with Crippen molar-refractivity contribution in [3.8, 4) is 5.75 Å². The van der Waals surface area contributed by atoms with E-state index in [1.165, 1.54) is 6.07 Å². The standard InChI is InChI=1S/C16H15ClF2N2OS/c1-9-3-6-14(22-15(18)19)13(7-9)21-16(23)20-12-8-11(17)5-4-10(12)2/h3-8,15H,1-2H3,(H2,20,21,23). The second kappa shape index (κ2) is 7.57. The molecule has 2 aromatic carbocycles. The Morgan fingerprint density at radius 1 is 1.09 bits per heavy atom. The summed E-state index contributed by atoms with van der Waals surface area (Å²) in [4.78, 5) is 0. The van der Waals surface area contributed by atoms with Crippen LogP contribution in [0.25, 0.3) is 0 Å². The molecule has 0 unspecified atom stereocenters. The number of hydrogen-bond acceptors (Lipinski definition) is 2. The van der Waals surface area contributed by atoms with Gasteiger partial charge in [0, 0.05) is 10.7 Å². The minimum atomic E-state index is -2.91. The van der Waals surface area contributed by atoms with Crippen LogP contribution in [0, 0.1) is 13.8 Å². The van der Waals surface area contributed by atoms with E-state index < -0.39 is 6.61 Å². The van der Waals surface area contributed by atoms with E-state index in [-0.39, 0.29) is 10.9 Å². The van der Waals surface area contributed by atoms with Crippen LogP contribution in [0.15, 0.2) is 36.4 Å². The van der Waals surface area contributed by atoms with Crippen LogP contribution in [0.1, 0.15) is 11.1 Å². The van der Waals surface area contributed by atoms with Crippen molar-refractivity contribution >= 4 is 40.3 Å². The highest BCUT2D eigenvalue weighted by atomic mass is 35.5. The predicted molar refractivity (Wildman–Crippen MR) is 93.8 cm³/mol. The van der Waals surface area contributed by atoms with E-state index >= 15 is 0 Å². The van der Waals surface area contributed by atoms with Gasteiger partial charge in [-0.05, 0) is 61.5 Å². The maximum atomic E-state index is 12.5. The monoisotopic (exact) mass is 356 g/mol. The second-order valence-electron chi connectivity index (χ2n) is 4.92. The number of alkyl halides is 2. The normalized spacial score (nSPS) is 10.5. The molecular formula is C16H15ClF2N2OS. The number of benzene rings is 2. The van der Waals surface area contributed by atoms with E-state index in [0.717, 1.165) is 16.8 Å². The van der Waals surface area contributed by atoms with Crippen molar-refractivity contribution in [2.24, 2.45) is 0 Å². The average Bonchev–Trinajstić information content (AvgIpc) is 2.45. The highest BCUT2D eigenvalue weighted by Crippen LogP contribution is 2.28. The maximum absolute atomic E-state index is 12.5. The number of hydrogen-bond donors (Lipinski definition) is 2. The van der Waals surface area contributed by atoms with Gasteiger partial charge >= 0.3 is 6.61 Å². The van der Waals surface area contributed by atoms with Gasteiger partial charge in [0.15, 0.2) is 5.11 Å². The molecule has 3 nitrogen and oxygen atoms in total. The molecule has 0 spiro atoms. The summed E-state index contributed by atoms with van der Waals surface area (Å²) in [5.74, 6) is 0.0255. The van der Waals surface area contributed by atoms with Gasteiger partial charge in [-0.1, -0.05) is 23.7 Å². The molecule has 0 heterocycles. The first-order valence-electron chi connectivity index (χ1n) is 6.75. The first kappa shape index (κ1) is 17.4. The van der Waals surface area contributed by atoms with Crippen molar-refractivity contribution in [3.63, 3.8) is 0 Å². The van der Waals surface area contributed by atoms with Gasteiger partial charge in [0.2, 0.25) is 0 Å². The molecular weight excluding hydrogens is 342 g/mol. The van der Waals surface area contributed by atoms with Gasteiger partial charge in [0.25, 0.3) is 0 Å². The molecule has 0 bridgehead atoms. The van der Waals surface area contributed by atoms with Crippen molar-refractivity contribution in [2.45, 2.75) is 20.5 Å². The summed E-state index contributed by atoms with van der Waals surface area (Å²) in [5.41, 5.74) is 2.93. The molecule has 2 aromatic rings. The molecule has 0 aliphatic rings. The van der Waals surface area contributed by atoms with E-state index in [2.05, 4.69) is 15.4 Å². The van der Waals surface area contributed by atoms with Gasteiger partial charge < -0.3 is 15.4 Å². The minimum absolute atomic E-state index is 0.0255. The fourth-order valence-corrected chi connectivity index (χ4v) is 2.34. The lowest BCUT2D eigenvalue weighted by molar-refractivity contribution is -0.0493. The number of rotatable bonds is 4. The largest absolute Gasteiger partial charge is 0.433 e. The molecule has 0 aliphatic heterocycles. The SMILES string of the molecule is Cc1ccc(OC(F)F)c(NC(=S)Nc2cc(Cl)ccc2C)c1. The summed E-state index contributed by atoms with van der Waals surface area (Å²) >= 11 is 11.2. The number of halogens is 3. The molecule has 0 aromatic heterocycles. The third kappa shape index (κ3) is 5.04. The number of nitrogens with one attached hydrogen (secondary N) is 2. The molecule has 0 radical (unpaired) electrons.